The van der Waals surface area contributed by atoms with E-state index >= 15 is 0 Å². The lowest BCUT2D eigenvalue weighted by atomic mass is 10.2. The molecule has 1 aromatic rings. The number of thioether (sulfide) groups is 1. The first-order chi connectivity index (χ1) is 9.56. The Hall–Kier alpha value is -0.480. The van der Waals surface area contributed by atoms with Gasteiger partial charge in [-0.25, -0.2) is 9.97 Å². The molecule has 0 spiro atoms. The van der Waals surface area contributed by atoms with Crippen LogP contribution in [0.15, 0.2) is 0 Å². The molecule has 0 atom stereocenters. The predicted molar refractivity (Wildman–Crippen MR) is 91.2 cm³/mol. The van der Waals surface area contributed by atoms with E-state index in [0.29, 0.717) is 11.1 Å². The maximum Gasteiger partial charge on any atom is 0.137 e. The number of aromatic nitrogens is 2. The van der Waals surface area contributed by atoms with E-state index in [0.717, 1.165) is 23.8 Å². The van der Waals surface area contributed by atoms with Crippen LogP contribution in [0.4, 0.5) is 5.82 Å². The van der Waals surface area contributed by atoms with Crippen LogP contribution in [-0.2, 0) is 0 Å². The summed E-state index contributed by atoms with van der Waals surface area (Å²) in [7, 11) is 0. The van der Waals surface area contributed by atoms with Gasteiger partial charge in [0.15, 0.2) is 0 Å². The molecule has 20 heavy (non-hydrogen) atoms. The average Bonchev–Trinajstić information content (AvgIpc) is 2.41. The number of nitrogens with one attached hydrogen (secondary N) is 1. The van der Waals surface area contributed by atoms with Gasteiger partial charge in [0.1, 0.15) is 16.8 Å². The van der Waals surface area contributed by atoms with E-state index < -0.39 is 0 Å². The molecule has 0 saturated carbocycles. The molecule has 0 saturated heterocycles. The summed E-state index contributed by atoms with van der Waals surface area (Å²) >= 11 is 8.09. The van der Waals surface area contributed by atoms with Crippen LogP contribution in [0.25, 0.3) is 0 Å². The fraction of sp³-hybridized carbons (Fsp3) is 0.733. The Morgan fingerprint density at radius 3 is 2.50 bits per heavy atom. The lowest BCUT2D eigenvalue weighted by Crippen LogP contribution is -2.09. The van der Waals surface area contributed by atoms with Crippen LogP contribution in [0.3, 0.4) is 0 Å². The molecule has 0 amide bonds. The minimum absolute atomic E-state index is 0.292. The van der Waals surface area contributed by atoms with Crippen molar-refractivity contribution in [1.82, 2.24) is 9.97 Å². The minimum atomic E-state index is 0.292. The molecule has 1 rings (SSSR count). The van der Waals surface area contributed by atoms with Gasteiger partial charge in [-0.3, -0.25) is 0 Å². The normalized spacial score (nSPS) is 11.1. The monoisotopic (exact) mass is 315 g/mol. The number of unbranched alkanes of at least 4 members (excludes halogenated alkanes) is 3. The van der Waals surface area contributed by atoms with Gasteiger partial charge >= 0.3 is 0 Å². The van der Waals surface area contributed by atoms with E-state index in [1.807, 2.05) is 18.7 Å². The van der Waals surface area contributed by atoms with Crippen molar-refractivity contribution in [3.63, 3.8) is 0 Å². The van der Waals surface area contributed by atoms with Crippen LogP contribution in [0.2, 0.25) is 5.15 Å². The summed E-state index contributed by atoms with van der Waals surface area (Å²) in [5.74, 6) is 3.26. The van der Waals surface area contributed by atoms with Crippen molar-refractivity contribution in [1.29, 1.82) is 0 Å². The zero-order chi connectivity index (χ0) is 15.0. The van der Waals surface area contributed by atoms with Crippen molar-refractivity contribution in [2.24, 2.45) is 0 Å². The highest BCUT2D eigenvalue weighted by atomic mass is 35.5. The van der Waals surface area contributed by atoms with Gasteiger partial charge in [-0.05, 0) is 31.8 Å². The first-order valence-corrected chi connectivity index (χ1v) is 9.10. The summed E-state index contributed by atoms with van der Waals surface area (Å²) in [6.45, 7) is 7.07. The van der Waals surface area contributed by atoms with Crippen LogP contribution in [-0.4, -0.2) is 28.5 Å². The summed E-state index contributed by atoms with van der Waals surface area (Å²) in [6.07, 6.45) is 7.23. The van der Waals surface area contributed by atoms with E-state index in [1.165, 1.54) is 31.4 Å². The lowest BCUT2D eigenvalue weighted by molar-refractivity contribution is 0.687. The molecular weight excluding hydrogens is 290 g/mol. The van der Waals surface area contributed by atoms with Crippen LogP contribution >= 0.6 is 23.4 Å². The van der Waals surface area contributed by atoms with Crippen molar-refractivity contribution in [3.8, 4) is 0 Å². The molecule has 0 aliphatic carbocycles. The Balaban J connectivity index is 2.43. The molecule has 0 fully saturated rings. The third kappa shape index (κ3) is 5.88. The molecular formula is C15H26ClN3S. The Kier molecular flexibility index (Phi) is 8.31. The molecule has 0 aliphatic heterocycles. The van der Waals surface area contributed by atoms with Gasteiger partial charge in [0.25, 0.3) is 0 Å². The Morgan fingerprint density at radius 1 is 1.15 bits per heavy atom. The lowest BCUT2D eigenvalue weighted by Gasteiger charge is -2.12. The van der Waals surface area contributed by atoms with Crippen molar-refractivity contribution < 1.29 is 0 Å². The zero-order valence-corrected chi connectivity index (χ0v) is 14.6. The first kappa shape index (κ1) is 17.6. The van der Waals surface area contributed by atoms with Crippen molar-refractivity contribution in [2.75, 3.05) is 23.9 Å². The van der Waals surface area contributed by atoms with Gasteiger partial charge in [-0.15, -0.1) is 0 Å². The quantitative estimate of drug-likeness (QED) is 0.519. The molecule has 1 N–H and O–H groups in total. The molecule has 0 aromatic carbocycles. The molecule has 0 bridgehead atoms. The summed E-state index contributed by atoms with van der Waals surface area (Å²) in [4.78, 5) is 8.89. The maximum absolute atomic E-state index is 6.17. The fourth-order valence-corrected chi connectivity index (χ4v) is 2.54. The van der Waals surface area contributed by atoms with Crippen molar-refractivity contribution in [3.05, 3.63) is 16.5 Å². The number of hydrogen-bond acceptors (Lipinski definition) is 4. The highest BCUT2D eigenvalue weighted by Gasteiger charge is 2.11. The van der Waals surface area contributed by atoms with Crippen molar-refractivity contribution in [2.45, 2.75) is 52.4 Å². The second-order valence-electron chi connectivity index (χ2n) is 5.33. The van der Waals surface area contributed by atoms with Crippen LogP contribution in [0.1, 0.15) is 56.8 Å². The summed E-state index contributed by atoms with van der Waals surface area (Å²) in [5, 5.41) is 3.96. The van der Waals surface area contributed by atoms with E-state index in [1.54, 1.807) is 0 Å². The number of halogens is 1. The van der Waals surface area contributed by atoms with Gasteiger partial charge in [0.05, 0.1) is 0 Å². The topological polar surface area (TPSA) is 37.8 Å². The fourth-order valence-electron chi connectivity index (χ4n) is 1.87. The number of anilines is 1. The van der Waals surface area contributed by atoms with Gasteiger partial charge in [-0.2, -0.15) is 11.8 Å². The summed E-state index contributed by atoms with van der Waals surface area (Å²) in [6, 6.07) is 0. The first-order valence-electron chi connectivity index (χ1n) is 7.33. The Morgan fingerprint density at radius 2 is 1.85 bits per heavy atom. The van der Waals surface area contributed by atoms with E-state index in [4.69, 9.17) is 11.6 Å². The molecule has 0 aliphatic rings. The molecule has 3 nitrogen and oxygen atoms in total. The van der Waals surface area contributed by atoms with Crippen molar-refractivity contribution >= 4 is 29.2 Å². The van der Waals surface area contributed by atoms with E-state index in [-0.39, 0.29) is 0 Å². The van der Waals surface area contributed by atoms with Crippen LogP contribution in [0, 0.1) is 6.92 Å². The van der Waals surface area contributed by atoms with Gasteiger partial charge in [0.2, 0.25) is 0 Å². The van der Waals surface area contributed by atoms with Gasteiger partial charge < -0.3 is 5.32 Å². The Labute approximate surface area is 132 Å². The molecule has 0 unspecified atom stereocenters. The third-order valence-corrected chi connectivity index (χ3v) is 4.25. The second-order valence-corrected chi connectivity index (χ2v) is 6.68. The number of rotatable bonds is 9. The van der Waals surface area contributed by atoms with E-state index in [9.17, 15) is 0 Å². The highest BCUT2D eigenvalue weighted by Crippen LogP contribution is 2.22. The van der Waals surface area contributed by atoms with Gasteiger partial charge in [-0.1, -0.05) is 38.3 Å². The molecule has 0 radical (unpaired) electrons. The average molecular weight is 316 g/mol. The van der Waals surface area contributed by atoms with E-state index in [2.05, 4.69) is 35.4 Å². The third-order valence-electron chi connectivity index (χ3n) is 3.19. The smallest absolute Gasteiger partial charge is 0.137 e. The standard InChI is InChI=1S/C15H26ClN3S/c1-11(2)14-18-13(16)12(3)15(19-14)17-9-7-5-6-8-10-20-4/h11H,5-10H2,1-4H3,(H,17,18,19). The van der Waals surface area contributed by atoms with Gasteiger partial charge in [0, 0.05) is 18.0 Å². The second kappa shape index (κ2) is 9.46. The zero-order valence-electron chi connectivity index (χ0n) is 13.0. The minimum Gasteiger partial charge on any atom is -0.370 e. The number of hydrogen-bond donors (Lipinski definition) is 1. The van der Waals surface area contributed by atoms with Crippen LogP contribution in [0.5, 0.6) is 0 Å². The van der Waals surface area contributed by atoms with Crippen LogP contribution < -0.4 is 5.32 Å². The summed E-state index contributed by atoms with van der Waals surface area (Å²) in [5.41, 5.74) is 0.943. The maximum atomic E-state index is 6.17. The SMILES string of the molecule is CSCCCCCCNc1nc(C(C)C)nc(Cl)c1C. The molecule has 1 heterocycles. The largest absolute Gasteiger partial charge is 0.370 e. The summed E-state index contributed by atoms with van der Waals surface area (Å²) < 4.78 is 0. The molecule has 1 aromatic heterocycles. The Bertz CT molecular complexity index is 410. The number of nitrogens with zero attached hydrogens (tertiary/aromatic N) is 2. The predicted octanol–water partition coefficient (Wildman–Crippen LogP) is 4.90. The molecule has 114 valence electrons. The molecule has 5 heteroatoms. The highest BCUT2D eigenvalue weighted by molar-refractivity contribution is 7.98.